The molecule has 5 heteroatoms. The number of nitrogens with zero attached hydrogens (tertiary/aromatic N) is 1. The number of carbonyl (C=O) groups excluding carboxylic acids is 1. The van der Waals surface area contributed by atoms with Gasteiger partial charge in [-0.3, -0.25) is 0 Å². The molecule has 1 aromatic rings. The average molecular weight is 425 g/mol. The second-order valence-corrected chi connectivity index (χ2v) is 9.09. The molecule has 1 aliphatic carbocycles. The molecule has 0 heterocycles. The van der Waals surface area contributed by atoms with Crippen molar-refractivity contribution >= 4 is 22.0 Å². The number of hydrogen-bond donors (Lipinski definition) is 1. The summed E-state index contributed by atoms with van der Waals surface area (Å²) >= 11 is 3.59. The molecule has 0 unspecified atom stereocenters. The van der Waals surface area contributed by atoms with Gasteiger partial charge in [0.1, 0.15) is 5.75 Å². The van der Waals surface area contributed by atoms with Gasteiger partial charge in [0.2, 0.25) is 0 Å². The Bertz CT molecular complexity index is 592. The summed E-state index contributed by atoms with van der Waals surface area (Å²) in [6.45, 7) is 7.81. The van der Waals surface area contributed by atoms with E-state index in [1.165, 1.54) is 24.8 Å². The first-order valence-corrected chi connectivity index (χ1v) is 10.5. The normalized spacial score (nSPS) is 15.6. The van der Waals surface area contributed by atoms with E-state index in [-0.39, 0.29) is 11.4 Å². The molecule has 0 radical (unpaired) electrons. The SMILES string of the molecule is CN(C(=O)NCCCOc1ccc(C(C)(C)C)cc1Br)C1CCCCC1. The number of ether oxygens (including phenoxy) is 1. The Labute approximate surface area is 166 Å². The highest BCUT2D eigenvalue weighted by Gasteiger charge is 2.21. The second kappa shape index (κ2) is 9.63. The minimum Gasteiger partial charge on any atom is -0.492 e. The van der Waals surface area contributed by atoms with Gasteiger partial charge in [-0.2, -0.15) is 0 Å². The number of nitrogens with one attached hydrogen (secondary N) is 1. The van der Waals surface area contributed by atoms with Crippen molar-refractivity contribution in [3.05, 3.63) is 28.2 Å². The maximum Gasteiger partial charge on any atom is 0.317 e. The van der Waals surface area contributed by atoms with E-state index in [9.17, 15) is 4.79 Å². The molecular formula is C21H33BrN2O2. The number of rotatable bonds is 6. The second-order valence-electron chi connectivity index (χ2n) is 8.23. The van der Waals surface area contributed by atoms with E-state index in [0.29, 0.717) is 19.2 Å². The van der Waals surface area contributed by atoms with E-state index in [1.54, 1.807) is 0 Å². The summed E-state index contributed by atoms with van der Waals surface area (Å²) in [6, 6.07) is 6.68. The van der Waals surface area contributed by atoms with E-state index < -0.39 is 0 Å². The molecule has 1 aliphatic rings. The van der Waals surface area contributed by atoms with Crippen LogP contribution in [0.1, 0.15) is 64.9 Å². The number of hydrogen-bond acceptors (Lipinski definition) is 2. The molecule has 0 spiro atoms. The van der Waals surface area contributed by atoms with Crippen LogP contribution in [0.4, 0.5) is 4.79 Å². The lowest BCUT2D eigenvalue weighted by atomic mass is 9.87. The molecule has 0 bridgehead atoms. The zero-order valence-electron chi connectivity index (χ0n) is 16.6. The average Bonchev–Trinajstić information content (AvgIpc) is 2.61. The van der Waals surface area contributed by atoms with E-state index in [2.05, 4.69) is 54.2 Å². The first-order chi connectivity index (χ1) is 12.3. The molecule has 1 aromatic carbocycles. The molecular weight excluding hydrogens is 392 g/mol. The van der Waals surface area contributed by atoms with Crippen LogP contribution in [0.25, 0.3) is 0 Å². The fraction of sp³-hybridized carbons (Fsp3) is 0.667. The van der Waals surface area contributed by atoms with Crippen LogP contribution in [0.2, 0.25) is 0 Å². The molecule has 0 saturated heterocycles. The molecule has 0 aliphatic heterocycles. The van der Waals surface area contributed by atoms with Crippen LogP contribution in [0.3, 0.4) is 0 Å². The molecule has 1 N–H and O–H groups in total. The Kier molecular flexibility index (Phi) is 7.81. The number of halogens is 1. The number of carbonyl (C=O) groups is 1. The van der Waals surface area contributed by atoms with Crippen molar-refractivity contribution in [3.63, 3.8) is 0 Å². The molecule has 26 heavy (non-hydrogen) atoms. The fourth-order valence-electron chi connectivity index (χ4n) is 3.29. The van der Waals surface area contributed by atoms with Gasteiger partial charge in [0.15, 0.2) is 0 Å². The maximum absolute atomic E-state index is 12.2. The van der Waals surface area contributed by atoms with Crippen molar-refractivity contribution in [2.45, 2.75) is 70.8 Å². The largest absolute Gasteiger partial charge is 0.492 e. The molecule has 1 fully saturated rings. The predicted molar refractivity (Wildman–Crippen MR) is 111 cm³/mol. The number of benzene rings is 1. The van der Waals surface area contributed by atoms with Crippen LogP contribution in [0.15, 0.2) is 22.7 Å². The minimum absolute atomic E-state index is 0.0348. The van der Waals surface area contributed by atoms with E-state index in [0.717, 1.165) is 29.5 Å². The topological polar surface area (TPSA) is 41.6 Å². The first kappa shape index (κ1) is 21.1. The van der Waals surface area contributed by atoms with E-state index in [4.69, 9.17) is 4.74 Å². The molecule has 2 amide bonds. The van der Waals surface area contributed by atoms with Crippen molar-refractivity contribution in [1.82, 2.24) is 10.2 Å². The Hall–Kier alpha value is -1.23. The first-order valence-electron chi connectivity index (χ1n) is 9.72. The van der Waals surface area contributed by atoms with Gasteiger partial charge < -0.3 is 15.0 Å². The molecule has 0 aromatic heterocycles. The van der Waals surface area contributed by atoms with Gasteiger partial charge >= 0.3 is 6.03 Å². The van der Waals surface area contributed by atoms with Gasteiger partial charge in [-0.15, -0.1) is 0 Å². The standard InChI is InChI=1S/C21H33BrN2O2/c1-21(2,3)16-11-12-19(18(22)15-16)26-14-8-13-23-20(25)24(4)17-9-6-5-7-10-17/h11-12,15,17H,5-10,13-14H2,1-4H3,(H,23,25). The summed E-state index contributed by atoms with van der Waals surface area (Å²) < 4.78 is 6.83. The van der Waals surface area contributed by atoms with Crippen LogP contribution in [-0.4, -0.2) is 37.2 Å². The van der Waals surface area contributed by atoms with E-state index in [1.807, 2.05) is 18.0 Å². The lowest BCUT2D eigenvalue weighted by molar-refractivity contribution is 0.173. The Morgan fingerprint density at radius 1 is 1.27 bits per heavy atom. The Balaban J connectivity index is 1.69. The van der Waals surface area contributed by atoms with Crippen molar-refractivity contribution in [1.29, 1.82) is 0 Å². The van der Waals surface area contributed by atoms with E-state index >= 15 is 0 Å². The minimum atomic E-state index is 0.0348. The van der Waals surface area contributed by atoms with Gasteiger partial charge in [-0.05, 0) is 58.3 Å². The quantitative estimate of drug-likeness (QED) is 0.613. The van der Waals surface area contributed by atoms with Gasteiger partial charge in [-0.1, -0.05) is 46.1 Å². The monoisotopic (exact) mass is 424 g/mol. The molecule has 1 saturated carbocycles. The number of urea groups is 1. The summed E-state index contributed by atoms with van der Waals surface area (Å²) in [5.41, 5.74) is 1.39. The van der Waals surface area contributed by atoms with Crippen molar-refractivity contribution in [3.8, 4) is 5.75 Å². The lowest BCUT2D eigenvalue weighted by Crippen LogP contribution is -2.44. The van der Waals surface area contributed by atoms with Crippen LogP contribution in [-0.2, 0) is 5.41 Å². The smallest absolute Gasteiger partial charge is 0.317 e. The molecule has 146 valence electrons. The number of amides is 2. The Morgan fingerprint density at radius 2 is 1.96 bits per heavy atom. The van der Waals surface area contributed by atoms with Crippen molar-refractivity contribution < 1.29 is 9.53 Å². The highest BCUT2D eigenvalue weighted by molar-refractivity contribution is 9.10. The lowest BCUT2D eigenvalue weighted by Gasteiger charge is -2.31. The third-order valence-corrected chi connectivity index (χ3v) is 5.72. The van der Waals surface area contributed by atoms with Crippen LogP contribution in [0.5, 0.6) is 5.75 Å². The summed E-state index contributed by atoms with van der Waals surface area (Å²) in [6.07, 6.45) is 6.82. The van der Waals surface area contributed by atoms with Crippen molar-refractivity contribution in [2.75, 3.05) is 20.2 Å². The molecule has 2 rings (SSSR count). The highest BCUT2D eigenvalue weighted by Crippen LogP contribution is 2.31. The Morgan fingerprint density at radius 3 is 2.58 bits per heavy atom. The third kappa shape index (κ3) is 6.19. The van der Waals surface area contributed by atoms with Crippen LogP contribution >= 0.6 is 15.9 Å². The summed E-state index contributed by atoms with van der Waals surface area (Å²) in [5.74, 6) is 0.851. The molecule has 0 atom stereocenters. The zero-order valence-corrected chi connectivity index (χ0v) is 18.2. The van der Waals surface area contributed by atoms with Gasteiger partial charge in [-0.25, -0.2) is 4.79 Å². The third-order valence-electron chi connectivity index (χ3n) is 5.10. The van der Waals surface area contributed by atoms with Gasteiger partial charge in [0, 0.05) is 19.6 Å². The summed E-state index contributed by atoms with van der Waals surface area (Å²) in [4.78, 5) is 14.1. The zero-order chi connectivity index (χ0) is 19.2. The summed E-state index contributed by atoms with van der Waals surface area (Å²) in [7, 11) is 1.91. The summed E-state index contributed by atoms with van der Waals surface area (Å²) in [5, 5.41) is 3.00. The van der Waals surface area contributed by atoms with Crippen LogP contribution < -0.4 is 10.1 Å². The van der Waals surface area contributed by atoms with Gasteiger partial charge in [0.25, 0.3) is 0 Å². The van der Waals surface area contributed by atoms with Crippen LogP contribution in [0, 0.1) is 0 Å². The van der Waals surface area contributed by atoms with Crippen molar-refractivity contribution in [2.24, 2.45) is 0 Å². The molecule has 4 nitrogen and oxygen atoms in total. The maximum atomic E-state index is 12.2. The predicted octanol–water partition coefficient (Wildman–Crippen LogP) is 5.49. The highest BCUT2D eigenvalue weighted by atomic mass is 79.9. The van der Waals surface area contributed by atoms with Gasteiger partial charge in [0.05, 0.1) is 11.1 Å². The fourth-order valence-corrected chi connectivity index (χ4v) is 3.79.